The maximum Gasteiger partial charge on any atom is 0.117 e. The van der Waals surface area contributed by atoms with Crippen molar-refractivity contribution in [3.05, 3.63) is 101 Å². The SMILES string of the molecule is [B]c1cc(-c2c(-c3ccc4ncc(Br)cc4c3)ncn2SCc2ccccc2)ccc1F. The Hall–Kier alpha value is -2.90. The third kappa shape index (κ3) is 4.23. The van der Waals surface area contributed by atoms with Crippen LogP contribution in [0.4, 0.5) is 4.39 Å². The molecule has 0 amide bonds. The molecule has 0 fully saturated rings. The highest BCUT2D eigenvalue weighted by molar-refractivity contribution is 9.10. The lowest BCUT2D eigenvalue weighted by atomic mass is 9.92. The molecule has 0 spiro atoms. The Kier molecular flexibility index (Phi) is 5.85. The van der Waals surface area contributed by atoms with E-state index in [9.17, 15) is 4.39 Å². The van der Waals surface area contributed by atoms with E-state index in [0.29, 0.717) is 0 Å². The first kappa shape index (κ1) is 21.0. The Labute approximate surface area is 199 Å². The van der Waals surface area contributed by atoms with Crippen molar-refractivity contribution in [3.8, 4) is 22.5 Å². The van der Waals surface area contributed by atoms with Gasteiger partial charge in [-0.05, 0) is 63.8 Å². The van der Waals surface area contributed by atoms with E-state index < -0.39 is 5.82 Å². The molecule has 2 heterocycles. The predicted molar refractivity (Wildman–Crippen MR) is 135 cm³/mol. The van der Waals surface area contributed by atoms with Gasteiger partial charge >= 0.3 is 0 Å². The second-order valence-electron chi connectivity index (χ2n) is 7.32. The van der Waals surface area contributed by atoms with E-state index in [1.54, 1.807) is 36.6 Å². The molecule has 7 heteroatoms. The van der Waals surface area contributed by atoms with E-state index in [4.69, 9.17) is 12.8 Å². The van der Waals surface area contributed by atoms with Crippen LogP contribution in [0.3, 0.4) is 0 Å². The van der Waals surface area contributed by atoms with Crippen LogP contribution in [0, 0.1) is 5.82 Å². The summed E-state index contributed by atoms with van der Waals surface area (Å²) in [5.41, 5.74) is 5.67. The lowest BCUT2D eigenvalue weighted by Crippen LogP contribution is -2.08. The Balaban J connectivity index is 1.62. The van der Waals surface area contributed by atoms with E-state index in [-0.39, 0.29) is 5.46 Å². The molecule has 154 valence electrons. The number of fused-ring (bicyclic) bond motifs is 1. The Morgan fingerprint density at radius 1 is 0.938 bits per heavy atom. The molecule has 0 saturated heterocycles. The minimum Gasteiger partial charge on any atom is -0.271 e. The van der Waals surface area contributed by atoms with E-state index >= 15 is 0 Å². The van der Waals surface area contributed by atoms with Crippen molar-refractivity contribution in [2.75, 3.05) is 0 Å². The smallest absolute Gasteiger partial charge is 0.117 e. The van der Waals surface area contributed by atoms with Crippen molar-refractivity contribution in [1.29, 1.82) is 0 Å². The first-order chi connectivity index (χ1) is 15.6. The Morgan fingerprint density at radius 3 is 2.56 bits per heavy atom. The molecular weight excluding hydrogens is 484 g/mol. The minimum atomic E-state index is -0.431. The van der Waals surface area contributed by atoms with E-state index in [1.807, 2.05) is 40.4 Å². The average molecular weight is 500 g/mol. The Morgan fingerprint density at radius 2 is 1.75 bits per heavy atom. The van der Waals surface area contributed by atoms with E-state index in [2.05, 4.69) is 39.1 Å². The van der Waals surface area contributed by atoms with Crippen molar-refractivity contribution in [2.45, 2.75) is 5.75 Å². The van der Waals surface area contributed by atoms with Crippen LogP contribution in [0.5, 0.6) is 0 Å². The minimum absolute atomic E-state index is 0.112. The zero-order chi connectivity index (χ0) is 22.1. The van der Waals surface area contributed by atoms with Crippen molar-refractivity contribution >= 4 is 52.1 Å². The van der Waals surface area contributed by atoms with Gasteiger partial charge in [0.25, 0.3) is 0 Å². The lowest BCUT2D eigenvalue weighted by Gasteiger charge is -2.12. The number of benzene rings is 3. The fraction of sp³-hybridized carbons (Fsp3) is 0.0400. The molecule has 0 N–H and O–H groups in total. The predicted octanol–water partition coefficient (Wildman–Crippen LogP) is 6.16. The summed E-state index contributed by atoms with van der Waals surface area (Å²) in [6.07, 6.45) is 3.59. The summed E-state index contributed by atoms with van der Waals surface area (Å²) in [4.78, 5) is 9.18. The molecule has 0 saturated carbocycles. The highest BCUT2D eigenvalue weighted by atomic mass is 79.9. The molecule has 2 aromatic heterocycles. The van der Waals surface area contributed by atoms with Gasteiger partial charge in [0.2, 0.25) is 0 Å². The number of aromatic nitrogens is 3. The van der Waals surface area contributed by atoms with Crippen molar-refractivity contribution in [2.24, 2.45) is 0 Å². The molecule has 3 nitrogen and oxygen atoms in total. The largest absolute Gasteiger partial charge is 0.271 e. The highest BCUT2D eigenvalue weighted by Gasteiger charge is 2.17. The van der Waals surface area contributed by atoms with E-state index in [1.165, 1.54) is 11.6 Å². The summed E-state index contributed by atoms with van der Waals surface area (Å²) >= 11 is 5.12. The molecule has 5 rings (SSSR count). The quantitative estimate of drug-likeness (QED) is 0.271. The normalized spacial score (nSPS) is 11.2. The fourth-order valence-corrected chi connectivity index (χ4v) is 4.83. The van der Waals surface area contributed by atoms with Crippen LogP contribution < -0.4 is 5.46 Å². The molecule has 0 aliphatic carbocycles. The van der Waals surface area contributed by atoms with Gasteiger partial charge in [0, 0.05) is 32.9 Å². The summed E-state index contributed by atoms with van der Waals surface area (Å²) in [6.45, 7) is 0. The summed E-state index contributed by atoms with van der Waals surface area (Å²) in [6, 6.07) is 23.1. The molecular formula is C25H16BBrFN3S. The van der Waals surface area contributed by atoms with Gasteiger partial charge in [-0.25, -0.2) is 9.37 Å². The van der Waals surface area contributed by atoms with Gasteiger partial charge in [-0.1, -0.05) is 47.9 Å². The van der Waals surface area contributed by atoms with Gasteiger partial charge in [0.1, 0.15) is 20.0 Å². The fourth-order valence-electron chi connectivity index (χ4n) is 3.57. The summed E-state index contributed by atoms with van der Waals surface area (Å²) in [5.74, 6) is 0.342. The van der Waals surface area contributed by atoms with Gasteiger partial charge in [-0.3, -0.25) is 8.96 Å². The van der Waals surface area contributed by atoms with Crippen molar-refractivity contribution < 1.29 is 4.39 Å². The number of nitrogens with zero attached hydrogens (tertiary/aromatic N) is 3. The summed E-state index contributed by atoms with van der Waals surface area (Å²) < 4.78 is 16.8. The molecule has 32 heavy (non-hydrogen) atoms. The average Bonchev–Trinajstić information content (AvgIpc) is 3.23. The maximum absolute atomic E-state index is 13.9. The topological polar surface area (TPSA) is 30.7 Å². The van der Waals surface area contributed by atoms with E-state index in [0.717, 1.165) is 43.6 Å². The lowest BCUT2D eigenvalue weighted by molar-refractivity contribution is 0.636. The van der Waals surface area contributed by atoms with Gasteiger partial charge in [0.05, 0.1) is 16.9 Å². The number of hydrogen-bond donors (Lipinski definition) is 0. The molecule has 3 aromatic carbocycles. The number of pyridine rings is 1. The van der Waals surface area contributed by atoms with Crippen LogP contribution in [0.1, 0.15) is 5.56 Å². The second-order valence-corrected chi connectivity index (χ2v) is 9.18. The molecule has 0 aliphatic rings. The first-order valence-electron chi connectivity index (χ1n) is 9.94. The van der Waals surface area contributed by atoms with Crippen LogP contribution in [-0.2, 0) is 5.75 Å². The van der Waals surface area contributed by atoms with Crippen LogP contribution >= 0.6 is 27.9 Å². The van der Waals surface area contributed by atoms with Gasteiger partial charge in [0.15, 0.2) is 0 Å². The third-order valence-corrected chi connectivity index (χ3v) is 6.59. The zero-order valence-electron chi connectivity index (χ0n) is 16.9. The number of halogens is 2. The number of hydrogen-bond acceptors (Lipinski definition) is 3. The molecule has 0 atom stereocenters. The summed E-state index contributed by atoms with van der Waals surface area (Å²) in [5, 5.41) is 1.01. The number of rotatable bonds is 5. The third-order valence-electron chi connectivity index (χ3n) is 5.14. The second kappa shape index (κ2) is 8.92. The van der Waals surface area contributed by atoms with Crippen LogP contribution in [0.2, 0.25) is 0 Å². The highest BCUT2D eigenvalue weighted by Crippen LogP contribution is 2.35. The Bertz CT molecular complexity index is 1420. The molecule has 5 aromatic rings. The molecule has 0 aliphatic heterocycles. The van der Waals surface area contributed by atoms with Crippen LogP contribution in [-0.4, -0.2) is 21.8 Å². The van der Waals surface area contributed by atoms with Gasteiger partial charge < -0.3 is 0 Å². The summed E-state index contributed by atoms with van der Waals surface area (Å²) in [7, 11) is 5.90. The standard InChI is InChI=1S/C25H16BBrFN3S/c26-21-12-18(6-8-22(21)28)25-24(17-7-9-23-19(10-17)11-20(27)13-29-23)30-15-31(25)32-14-16-4-2-1-3-5-16/h1-13,15H,14H2. The van der Waals surface area contributed by atoms with Crippen molar-refractivity contribution in [1.82, 2.24) is 13.9 Å². The van der Waals surface area contributed by atoms with Gasteiger partial charge in [-0.15, -0.1) is 0 Å². The maximum atomic E-state index is 13.9. The first-order valence-corrected chi connectivity index (χ1v) is 11.7. The van der Waals surface area contributed by atoms with Crippen LogP contribution in [0.15, 0.2) is 89.8 Å². The molecule has 0 unspecified atom stereocenters. The molecule has 0 bridgehead atoms. The van der Waals surface area contributed by atoms with Crippen LogP contribution in [0.25, 0.3) is 33.4 Å². The monoisotopic (exact) mass is 499 g/mol. The van der Waals surface area contributed by atoms with Gasteiger partial charge in [-0.2, -0.15) is 0 Å². The zero-order valence-corrected chi connectivity index (χ0v) is 19.3. The molecule has 2 radical (unpaired) electrons. The number of imidazole rings is 1. The van der Waals surface area contributed by atoms with Crippen molar-refractivity contribution in [3.63, 3.8) is 0 Å².